The lowest BCUT2D eigenvalue weighted by Crippen LogP contribution is -1.85. The average molecular weight is 280 g/mol. The minimum Gasteiger partial charge on any atom is -0.341 e. The highest BCUT2D eigenvalue weighted by Crippen LogP contribution is 2.34. The van der Waals surface area contributed by atoms with E-state index in [1.165, 1.54) is 30.6 Å². The molecule has 0 fully saturated rings. The standard InChI is InChI=1S/C8H4N6O2S2/c15-14(16)4-1-9-8(17-4)18-7-5-6(11-2-10-5)12-3-13-7/h1-3H,(H,10,11,12,13). The summed E-state index contributed by atoms with van der Waals surface area (Å²) in [6.45, 7) is 0. The molecule has 0 atom stereocenters. The summed E-state index contributed by atoms with van der Waals surface area (Å²) in [5.41, 5.74) is 1.25. The van der Waals surface area contributed by atoms with Crippen molar-refractivity contribution >= 4 is 39.3 Å². The summed E-state index contributed by atoms with van der Waals surface area (Å²) < 4.78 is 0.552. The van der Waals surface area contributed by atoms with Crippen molar-refractivity contribution in [3.63, 3.8) is 0 Å². The van der Waals surface area contributed by atoms with Crippen molar-refractivity contribution in [2.24, 2.45) is 0 Å². The van der Waals surface area contributed by atoms with Gasteiger partial charge in [0.05, 0.1) is 11.3 Å². The smallest absolute Gasteiger partial charge is 0.341 e. The molecule has 90 valence electrons. The Balaban J connectivity index is 1.96. The number of aromatic amines is 1. The second kappa shape index (κ2) is 4.31. The fourth-order valence-corrected chi connectivity index (χ4v) is 3.03. The lowest BCUT2D eigenvalue weighted by atomic mass is 10.6. The van der Waals surface area contributed by atoms with Crippen molar-refractivity contribution in [1.29, 1.82) is 0 Å². The van der Waals surface area contributed by atoms with Crippen LogP contribution in [0.15, 0.2) is 28.2 Å². The molecule has 18 heavy (non-hydrogen) atoms. The molecule has 10 heteroatoms. The van der Waals surface area contributed by atoms with E-state index < -0.39 is 4.92 Å². The number of H-pyrrole nitrogens is 1. The van der Waals surface area contributed by atoms with Crippen LogP contribution in [0.1, 0.15) is 0 Å². The van der Waals surface area contributed by atoms with Gasteiger partial charge in [0.1, 0.15) is 23.1 Å². The van der Waals surface area contributed by atoms with Crippen LogP contribution in [0, 0.1) is 10.1 Å². The van der Waals surface area contributed by atoms with E-state index >= 15 is 0 Å². The normalized spacial score (nSPS) is 10.9. The molecule has 0 aliphatic heterocycles. The molecule has 0 bridgehead atoms. The molecule has 8 nitrogen and oxygen atoms in total. The van der Waals surface area contributed by atoms with Crippen molar-refractivity contribution in [3.8, 4) is 0 Å². The lowest BCUT2D eigenvalue weighted by molar-refractivity contribution is -0.380. The molecule has 3 aromatic rings. The van der Waals surface area contributed by atoms with Crippen molar-refractivity contribution in [2.45, 2.75) is 9.37 Å². The number of nitrogens with zero attached hydrogens (tertiary/aromatic N) is 5. The Morgan fingerprint density at radius 3 is 3.00 bits per heavy atom. The highest BCUT2D eigenvalue weighted by molar-refractivity contribution is 8.01. The molecule has 3 heterocycles. The molecule has 1 N–H and O–H groups in total. The molecule has 0 radical (unpaired) electrons. The van der Waals surface area contributed by atoms with E-state index in [2.05, 4.69) is 24.9 Å². The zero-order valence-electron chi connectivity index (χ0n) is 8.60. The van der Waals surface area contributed by atoms with Crippen LogP contribution in [0.2, 0.25) is 0 Å². The van der Waals surface area contributed by atoms with Gasteiger partial charge in [0.25, 0.3) is 0 Å². The van der Waals surface area contributed by atoms with Gasteiger partial charge in [0.15, 0.2) is 9.99 Å². The first kappa shape index (κ1) is 11.0. The number of thiazole rings is 1. The Morgan fingerprint density at radius 1 is 1.33 bits per heavy atom. The maximum Gasteiger partial charge on any atom is 0.344 e. The highest BCUT2D eigenvalue weighted by Gasteiger charge is 2.15. The fraction of sp³-hybridized carbons (Fsp3) is 0. The van der Waals surface area contributed by atoms with E-state index in [0.717, 1.165) is 11.3 Å². The average Bonchev–Trinajstić information content (AvgIpc) is 2.97. The van der Waals surface area contributed by atoms with Crippen LogP contribution >= 0.6 is 23.1 Å². The van der Waals surface area contributed by atoms with Crippen LogP contribution in [0.25, 0.3) is 11.2 Å². The minimum atomic E-state index is -0.465. The molecular formula is C8H4N6O2S2. The number of hydrogen-bond acceptors (Lipinski definition) is 8. The van der Waals surface area contributed by atoms with E-state index in [4.69, 9.17) is 0 Å². The first-order valence-corrected chi connectivity index (χ1v) is 6.29. The Labute approximate surface area is 108 Å². The fourth-order valence-electron chi connectivity index (χ4n) is 1.28. The van der Waals surface area contributed by atoms with Crippen LogP contribution in [-0.2, 0) is 0 Å². The topological polar surface area (TPSA) is 110 Å². The molecule has 0 saturated heterocycles. The number of aromatic nitrogens is 5. The summed E-state index contributed by atoms with van der Waals surface area (Å²) in [6, 6.07) is 0. The largest absolute Gasteiger partial charge is 0.344 e. The van der Waals surface area contributed by atoms with Crippen LogP contribution in [0.4, 0.5) is 5.00 Å². The third-order valence-electron chi connectivity index (χ3n) is 2.02. The predicted octanol–water partition coefficient (Wildman–Crippen LogP) is 1.87. The van der Waals surface area contributed by atoms with Crippen molar-refractivity contribution < 1.29 is 4.92 Å². The second-order valence-corrected chi connectivity index (χ2v) is 5.35. The van der Waals surface area contributed by atoms with Crippen LogP contribution in [-0.4, -0.2) is 29.8 Å². The van der Waals surface area contributed by atoms with E-state index in [9.17, 15) is 10.1 Å². The monoisotopic (exact) mass is 280 g/mol. The summed E-state index contributed by atoms with van der Waals surface area (Å²) in [5, 5.41) is 11.2. The third-order valence-corrected chi connectivity index (χ3v) is 4.05. The number of imidazole rings is 1. The molecule has 0 spiro atoms. The first-order chi connectivity index (χ1) is 8.74. The summed E-state index contributed by atoms with van der Waals surface area (Å²) >= 11 is 2.25. The minimum absolute atomic E-state index is 0.00686. The van der Waals surface area contributed by atoms with Gasteiger partial charge in [-0.15, -0.1) is 0 Å². The van der Waals surface area contributed by atoms with Gasteiger partial charge in [-0.3, -0.25) is 10.1 Å². The van der Waals surface area contributed by atoms with Gasteiger partial charge < -0.3 is 4.98 Å². The zero-order valence-corrected chi connectivity index (χ0v) is 10.2. The van der Waals surface area contributed by atoms with Crippen LogP contribution in [0.3, 0.4) is 0 Å². The molecule has 0 aliphatic carbocycles. The molecule has 0 saturated carbocycles. The predicted molar refractivity (Wildman–Crippen MR) is 64.6 cm³/mol. The van der Waals surface area contributed by atoms with E-state index in [1.807, 2.05) is 0 Å². The van der Waals surface area contributed by atoms with Gasteiger partial charge in [-0.05, 0) is 23.1 Å². The van der Waals surface area contributed by atoms with Crippen LogP contribution in [0.5, 0.6) is 0 Å². The van der Waals surface area contributed by atoms with Crippen molar-refractivity contribution in [2.75, 3.05) is 0 Å². The van der Waals surface area contributed by atoms with Gasteiger partial charge in [-0.25, -0.2) is 19.9 Å². The SMILES string of the molecule is O=[N+]([O-])c1cnc(Sc2ncnc3nc[nH]c23)s1. The Morgan fingerprint density at radius 2 is 2.22 bits per heavy atom. The highest BCUT2D eigenvalue weighted by atomic mass is 32.2. The third kappa shape index (κ3) is 1.91. The maximum absolute atomic E-state index is 10.6. The molecule has 0 aromatic carbocycles. The molecule has 0 unspecified atom stereocenters. The molecular weight excluding hydrogens is 276 g/mol. The molecule has 3 aromatic heterocycles. The van der Waals surface area contributed by atoms with E-state index in [-0.39, 0.29) is 5.00 Å². The molecule has 3 rings (SSSR count). The lowest BCUT2D eigenvalue weighted by Gasteiger charge is -1.96. The number of fused-ring (bicyclic) bond motifs is 1. The van der Waals surface area contributed by atoms with Gasteiger partial charge in [-0.1, -0.05) is 0 Å². The Hall–Kier alpha value is -2.07. The number of nitro groups is 1. The number of nitrogens with one attached hydrogen (secondary N) is 1. The van der Waals surface area contributed by atoms with Gasteiger partial charge in [-0.2, -0.15) is 0 Å². The van der Waals surface area contributed by atoms with E-state index in [1.54, 1.807) is 0 Å². The van der Waals surface area contributed by atoms with Crippen molar-refractivity contribution in [1.82, 2.24) is 24.9 Å². The van der Waals surface area contributed by atoms with Gasteiger partial charge in [0.2, 0.25) is 0 Å². The van der Waals surface area contributed by atoms with Gasteiger partial charge >= 0.3 is 5.00 Å². The van der Waals surface area contributed by atoms with Crippen molar-refractivity contribution in [3.05, 3.63) is 29.0 Å². The summed E-state index contributed by atoms with van der Waals surface area (Å²) in [7, 11) is 0. The summed E-state index contributed by atoms with van der Waals surface area (Å²) in [6.07, 6.45) is 4.15. The quantitative estimate of drug-likeness (QED) is 0.443. The van der Waals surface area contributed by atoms with Gasteiger partial charge in [0, 0.05) is 0 Å². The molecule has 0 aliphatic rings. The van der Waals surface area contributed by atoms with E-state index in [0.29, 0.717) is 20.5 Å². The van der Waals surface area contributed by atoms with Crippen LogP contribution < -0.4 is 0 Å². The molecule has 0 amide bonds. The second-order valence-electron chi connectivity index (χ2n) is 3.10. The summed E-state index contributed by atoms with van der Waals surface area (Å²) in [4.78, 5) is 29.1. The first-order valence-electron chi connectivity index (χ1n) is 4.66. The number of rotatable bonds is 3. The summed E-state index contributed by atoms with van der Waals surface area (Å²) in [5.74, 6) is 0. The zero-order chi connectivity index (χ0) is 12.5. The Kier molecular flexibility index (Phi) is 2.64. The Bertz CT molecular complexity index is 723. The maximum atomic E-state index is 10.6. The number of hydrogen-bond donors (Lipinski definition) is 1.